The van der Waals surface area contributed by atoms with E-state index in [-0.39, 0.29) is 0 Å². The van der Waals surface area contributed by atoms with Crippen LogP contribution in [-0.4, -0.2) is 52.6 Å². The fourth-order valence-electron chi connectivity index (χ4n) is 3.42. The molecule has 0 atom stereocenters. The zero-order valence-electron chi connectivity index (χ0n) is 14.6. The fraction of sp³-hybridized carbons (Fsp3) is 0.350. The summed E-state index contributed by atoms with van der Waals surface area (Å²) in [6.07, 6.45) is 4.81. The van der Waals surface area contributed by atoms with Gasteiger partial charge in [0, 0.05) is 49.5 Å². The van der Waals surface area contributed by atoms with Gasteiger partial charge in [-0.3, -0.25) is 9.88 Å². The van der Waals surface area contributed by atoms with E-state index < -0.39 is 0 Å². The lowest BCUT2D eigenvalue weighted by atomic mass is 10.2. The largest absolute Gasteiger partial charge is 0.353 e. The summed E-state index contributed by atoms with van der Waals surface area (Å²) in [6.45, 7) is 7.62. The number of para-hydroxylation sites is 1. The summed E-state index contributed by atoms with van der Waals surface area (Å²) in [5.41, 5.74) is 1.95. The summed E-state index contributed by atoms with van der Waals surface area (Å²) >= 11 is 0. The number of fused-ring (bicyclic) bond motifs is 1. The van der Waals surface area contributed by atoms with Crippen LogP contribution >= 0.6 is 0 Å². The summed E-state index contributed by atoms with van der Waals surface area (Å²) in [7, 11) is 0. The first kappa shape index (κ1) is 16.0. The minimum Gasteiger partial charge on any atom is -0.353 e. The number of piperazine rings is 1. The highest BCUT2D eigenvalue weighted by molar-refractivity contribution is 5.91. The van der Waals surface area contributed by atoms with Crippen molar-refractivity contribution in [3.8, 4) is 11.4 Å². The Morgan fingerprint density at radius 1 is 0.960 bits per heavy atom. The summed E-state index contributed by atoms with van der Waals surface area (Å²) in [6, 6.07) is 12.2. The van der Waals surface area contributed by atoms with Gasteiger partial charge in [0.05, 0.1) is 5.52 Å². The Bertz CT molecular complexity index is 841. The minimum absolute atomic E-state index is 0.748. The molecule has 4 rings (SSSR count). The second kappa shape index (κ2) is 7.15. The Labute approximate surface area is 148 Å². The fourth-order valence-corrected chi connectivity index (χ4v) is 3.42. The van der Waals surface area contributed by atoms with Crippen molar-refractivity contribution in [2.24, 2.45) is 0 Å². The van der Waals surface area contributed by atoms with Crippen molar-refractivity contribution in [2.45, 2.75) is 13.3 Å². The molecule has 0 radical (unpaired) electrons. The van der Waals surface area contributed by atoms with E-state index in [4.69, 9.17) is 9.97 Å². The van der Waals surface area contributed by atoms with E-state index >= 15 is 0 Å². The van der Waals surface area contributed by atoms with Crippen molar-refractivity contribution in [1.29, 1.82) is 0 Å². The molecule has 3 aromatic rings. The smallest absolute Gasteiger partial charge is 0.163 e. The molecule has 1 aliphatic heterocycles. The molecule has 0 saturated carbocycles. The minimum atomic E-state index is 0.748. The zero-order valence-corrected chi connectivity index (χ0v) is 14.6. The molecule has 3 heterocycles. The predicted molar refractivity (Wildman–Crippen MR) is 102 cm³/mol. The van der Waals surface area contributed by atoms with Gasteiger partial charge in [-0.2, -0.15) is 0 Å². The highest BCUT2D eigenvalue weighted by atomic mass is 15.3. The maximum Gasteiger partial charge on any atom is 0.163 e. The molecular weight excluding hydrogens is 310 g/mol. The van der Waals surface area contributed by atoms with Crippen molar-refractivity contribution in [3.05, 3.63) is 48.8 Å². The van der Waals surface area contributed by atoms with E-state index in [9.17, 15) is 0 Å². The number of nitrogens with zero attached hydrogens (tertiary/aromatic N) is 5. The first-order valence-corrected chi connectivity index (χ1v) is 8.99. The molecule has 0 amide bonds. The lowest BCUT2D eigenvalue weighted by molar-refractivity contribution is 0.258. The molecule has 1 aromatic carbocycles. The molecule has 0 N–H and O–H groups in total. The average molecular weight is 333 g/mol. The molecule has 5 nitrogen and oxygen atoms in total. The number of hydrogen-bond acceptors (Lipinski definition) is 5. The second-order valence-electron chi connectivity index (χ2n) is 6.46. The number of aromatic nitrogens is 3. The Balaban J connectivity index is 1.72. The topological polar surface area (TPSA) is 45.2 Å². The first-order valence-electron chi connectivity index (χ1n) is 8.99. The molecule has 25 heavy (non-hydrogen) atoms. The summed E-state index contributed by atoms with van der Waals surface area (Å²) in [5.74, 6) is 1.79. The number of anilines is 1. The van der Waals surface area contributed by atoms with Gasteiger partial charge in [0.25, 0.3) is 0 Å². The van der Waals surface area contributed by atoms with Gasteiger partial charge in [-0.1, -0.05) is 19.1 Å². The maximum absolute atomic E-state index is 4.92. The Morgan fingerprint density at radius 2 is 1.80 bits per heavy atom. The SMILES string of the molecule is CCCN1CCN(c2nc(-c3cccnc3)nc3ccccc23)CC1. The van der Waals surface area contributed by atoms with Crippen molar-refractivity contribution in [1.82, 2.24) is 19.9 Å². The Kier molecular flexibility index (Phi) is 4.57. The molecular formula is C20H23N5. The van der Waals surface area contributed by atoms with Gasteiger partial charge in [0.1, 0.15) is 5.82 Å². The number of hydrogen-bond donors (Lipinski definition) is 0. The van der Waals surface area contributed by atoms with Crippen LogP contribution < -0.4 is 4.90 Å². The van der Waals surface area contributed by atoms with E-state index in [1.807, 2.05) is 24.4 Å². The Hall–Kier alpha value is -2.53. The molecule has 2 aromatic heterocycles. The predicted octanol–water partition coefficient (Wildman–Crippen LogP) is 3.22. The highest BCUT2D eigenvalue weighted by Crippen LogP contribution is 2.28. The van der Waals surface area contributed by atoms with Gasteiger partial charge >= 0.3 is 0 Å². The third-order valence-corrected chi connectivity index (χ3v) is 4.71. The standard InChI is InChI=1S/C20H23N5/c1-2-10-24-11-13-25(14-12-24)20-17-7-3-4-8-18(17)22-19(23-20)16-6-5-9-21-15-16/h3-9,15H,2,10-14H2,1H3. The van der Waals surface area contributed by atoms with Gasteiger partial charge in [0.2, 0.25) is 0 Å². The first-order chi connectivity index (χ1) is 12.3. The van der Waals surface area contributed by atoms with E-state index in [1.165, 1.54) is 13.0 Å². The van der Waals surface area contributed by atoms with Crippen LogP contribution in [0.2, 0.25) is 0 Å². The van der Waals surface area contributed by atoms with Gasteiger partial charge in [-0.05, 0) is 37.2 Å². The van der Waals surface area contributed by atoms with Crippen molar-refractivity contribution >= 4 is 16.7 Å². The quantitative estimate of drug-likeness (QED) is 0.733. The van der Waals surface area contributed by atoms with Crippen molar-refractivity contribution < 1.29 is 0 Å². The monoisotopic (exact) mass is 333 g/mol. The lowest BCUT2D eigenvalue weighted by Crippen LogP contribution is -2.46. The normalized spacial score (nSPS) is 15.6. The maximum atomic E-state index is 4.92. The van der Waals surface area contributed by atoms with Crippen LogP contribution in [-0.2, 0) is 0 Å². The number of pyridine rings is 1. The molecule has 0 aliphatic carbocycles. The van der Waals surface area contributed by atoms with Crippen LogP contribution in [0.1, 0.15) is 13.3 Å². The molecule has 0 unspecified atom stereocenters. The van der Waals surface area contributed by atoms with Crippen LogP contribution in [0.4, 0.5) is 5.82 Å². The highest BCUT2D eigenvalue weighted by Gasteiger charge is 2.20. The van der Waals surface area contributed by atoms with Crippen LogP contribution in [0, 0.1) is 0 Å². The molecule has 5 heteroatoms. The van der Waals surface area contributed by atoms with Gasteiger partial charge in [0.15, 0.2) is 5.82 Å². The van der Waals surface area contributed by atoms with Gasteiger partial charge in [-0.15, -0.1) is 0 Å². The molecule has 1 fully saturated rings. The van der Waals surface area contributed by atoms with Crippen LogP contribution in [0.25, 0.3) is 22.3 Å². The van der Waals surface area contributed by atoms with E-state index in [0.717, 1.165) is 54.3 Å². The average Bonchev–Trinajstić information content (AvgIpc) is 2.69. The lowest BCUT2D eigenvalue weighted by Gasteiger charge is -2.35. The summed E-state index contributed by atoms with van der Waals surface area (Å²) in [5, 5.41) is 1.12. The molecule has 128 valence electrons. The molecule has 1 saturated heterocycles. The molecule has 0 bridgehead atoms. The van der Waals surface area contributed by atoms with Gasteiger partial charge < -0.3 is 4.90 Å². The van der Waals surface area contributed by atoms with E-state index in [0.29, 0.717) is 0 Å². The van der Waals surface area contributed by atoms with E-state index in [2.05, 4.69) is 39.9 Å². The number of benzene rings is 1. The molecule has 0 spiro atoms. The third kappa shape index (κ3) is 3.33. The van der Waals surface area contributed by atoms with Gasteiger partial charge in [-0.25, -0.2) is 9.97 Å². The van der Waals surface area contributed by atoms with Crippen LogP contribution in [0.5, 0.6) is 0 Å². The van der Waals surface area contributed by atoms with Crippen LogP contribution in [0.15, 0.2) is 48.8 Å². The van der Waals surface area contributed by atoms with Crippen molar-refractivity contribution in [3.63, 3.8) is 0 Å². The second-order valence-corrected chi connectivity index (χ2v) is 6.46. The van der Waals surface area contributed by atoms with Crippen LogP contribution in [0.3, 0.4) is 0 Å². The number of rotatable bonds is 4. The summed E-state index contributed by atoms with van der Waals surface area (Å²) in [4.78, 5) is 18.8. The summed E-state index contributed by atoms with van der Waals surface area (Å²) < 4.78 is 0. The Morgan fingerprint density at radius 3 is 2.56 bits per heavy atom. The van der Waals surface area contributed by atoms with Crippen molar-refractivity contribution in [2.75, 3.05) is 37.6 Å². The van der Waals surface area contributed by atoms with E-state index in [1.54, 1.807) is 6.20 Å². The zero-order chi connectivity index (χ0) is 17.1. The molecule has 1 aliphatic rings. The third-order valence-electron chi connectivity index (χ3n) is 4.71.